The summed E-state index contributed by atoms with van der Waals surface area (Å²) in [7, 11) is 0. The highest BCUT2D eigenvalue weighted by Gasteiger charge is 2.00. The van der Waals surface area contributed by atoms with E-state index >= 15 is 0 Å². The number of aromatic nitrogens is 3. The average molecular weight is 269 g/mol. The van der Waals surface area contributed by atoms with E-state index in [0.717, 1.165) is 12.0 Å². The smallest absolute Gasteiger partial charge is 0.225 e. The Morgan fingerprint density at radius 2 is 1.94 bits per heavy atom. The predicted molar refractivity (Wildman–Crippen MR) is 68.5 cm³/mol. The van der Waals surface area contributed by atoms with Crippen LogP contribution in [0.15, 0.2) is 30.6 Å². The van der Waals surface area contributed by atoms with Crippen molar-refractivity contribution in [3.05, 3.63) is 46.5 Å². The second-order valence-electron chi connectivity index (χ2n) is 3.38. The van der Waals surface area contributed by atoms with Crippen LogP contribution in [-0.2, 0) is 6.42 Å². The summed E-state index contributed by atoms with van der Waals surface area (Å²) < 4.78 is 0. The zero-order valence-corrected chi connectivity index (χ0v) is 10.4. The van der Waals surface area contributed by atoms with Gasteiger partial charge in [0.1, 0.15) is 10.3 Å². The number of nitrogens with one attached hydrogen (secondary N) is 1. The molecule has 0 aliphatic carbocycles. The summed E-state index contributed by atoms with van der Waals surface area (Å²) in [6.45, 7) is 0.697. The molecule has 2 heterocycles. The third-order valence-electron chi connectivity index (χ3n) is 2.08. The van der Waals surface area contributed by atoms with Gasteiger partial charge in [0.05, 0.1) is 0 Å². The van der Waals surface area contributed by atoms with Gasteiger partial charge in [0.15, 0.2) is 0 Å². The summed E-state index contributed by atoms with van der Waals surface area (Å²) in [5.41, 5.74) is 1.15. The molecule has 0 aliphatic rings. The van der Waals surface area contributed by atoms with Crippen molar-refractivity contribution in [1.29, 1.82) is 0 Å². The monoisotopic (exact) mass is 268 g/mol. The Morgan fingerprint density at radius 1 is 1.18 bits per heavy atom. The average Bonchev–Trinajstić information content (AvgIpc) is 2.29. The lowest BCUT2D eigenvalue weighted by Crippen LogP contribution is -2.08. The highest BCUT2D eigenvalue weighted by atomic mass is 35.5. The minimum absolute atomic E-state index is 0.328. The van der Waals surface area contributed by atoms with Crippen LogP contribution in [0.5, 0.6) is 0 Å². The molecule has 0 saturated heterocycles. The SMILES string of the molecule is Clc1cc(Cl)nc(NCCc2cccnc2)n1. The van der Waals surface area contributed by atoms with Crippen LogP contribution in [0.1, 0.15) is 5.56 Å². The second kappa shape index (κ2) is 5.80. The van der Waals surface area contributed by atoms with E-state index < -0.39 is 0 Å². The van der Waals surface area contributed by atoms with Gasteiger partial charge in [-0.3, -0.25) is 4.98 Å². The number of nitrogens with zero attached hydrogens (tertiary/aromatic N) is 3. The number of halogens is 2. The van der Waals surface area contributed by atoms with Crippen molar-refractivity contribution in [1.82, 2.24) is 15.0 Å². The molecule has 88 valence electrons. The standard InChI is InChI=1S/C11H10Cl2N4/c12-9-6-10(13)17-11(16-9)15-5-3-8-2-1-4-14-7-8/h1-2,4,6-7H,3,5H2,(H,15,16,17). The van der Waals surface area contributed by atoms with Crippen LogP contribution in [0.2, 0.25) is 10.3 Å². The highest BCUT2D eigenvalue weighted by molar-refractivity contribution is 6.33. The van der Waals surface area contributed by atoms with Crippen LogP contribution in [0.4, 0.5) is 5.95 Å². The summed E-state index contributed by atoms with van der Waals surface area (Å²) in [5, 5.41) is 3.71. The van der Waals surface area contributed by atoms with E-state index in [-0.39, 0.29) is 0 Å². The molecular formula is C11H10Cl2N4. The maximum atomic E-state index is 5.76. The van der Waals surface area contributed by atoms with Gasteiger partial charge in [-0.25, -0.2) is 9.97 Å². The molecular weight excluding hydrogens is 259 g/mol. The molecule has 0 fully saturated rings. The predicted octanol–water partition coefficient (Wildman–Crippen LogP) is 2.83. The highest BCUT2D eigenvalue weighted by Crippen LogP contribution is 2.14. The molecule has 0 unspecified atom stereocenters. The lowest BCUT2D eigenvalue weighted by molar-refractivity contribution is 0.974. The van der Waals surface area contributed by atoms with Gasteiger partial charge < -0.3 is 5.32 Å². The lowest BCUT2D eigenvalue weighted by atomic mass is 10.2. The third-order valence-corrected chi connectivity index (χ3v) is 2.47. The molecule has 0 aromatic carbocycles. The molecule has 1 N–H and O–H groups in total. The van der Waals surface area contributed by atoms with Crippen molar-refractivity contribution in [2.24, 2.45) is 0 Å². The Labute approximate surface area is 109 Å². The summed E-state index contributed by atoms with van der Waals surface area (Å²) in [4.78, 5) is 12.1. The lowest BCUT2D eigenvalue weighted by Gasteiger charge is -2.05. The van der Waals surface area contributed by atoms with Gasteiger partial charge in [-0.1, -0.05) is 29.3 Å². The van der Waals surface area contributed by atoms with Gasteiger partial charge in [0.25, 0.3) is 0 Å². The summed E-state index contributed by atoms with van der Waals surface area (Å²) in [6, 6.07) is 5.41. The summed E-state index contributed by atoms with van der Waals surface area (Å²) in [6.07, 6.45) is 4.41. The fourth-order valence-electron chi connectivity index (χ4n) is 1.33. The van der Waals surface area contributed by atoms with Crippen molar-refractivity contribution in [2.75, 3.05) is 11.9 Å². The topological polar surface area (TPSA) is 50.7 Å². The maximum absolute atomic E-state index is 5.76. The Balaban J connectivity index is 1.90. The molecule has 2 aromatic heterocycles. The van der Waals surface area contributed by atoms with E-state index in [0.29, 0.717) is 22.8 Å². The van der Waals surface area contributed by atoms with E-state index in [1.807, 2.05) is 18.3 Å². The zero-order chi connectivity index (χ0) is 12.1. The maximum Gasteiger partial charge on any atom is 0.225 e. The number of anilines is 1. The summed E-state index contributed by atoms with van der Waals surface area (Å²) >= 11 is 11.5. The van der Waals surface area contributed by atoms with Crippen molar-refractivity contribution in [3.8, 4) is 0 Å². The first kappa shape index (κ1) is 12.1. The van der Waals surface area contributed by atoms with Gasteiger partial charge in [0.2, 0.25) is 5.95 Å². The van der Waals surface area contributed by atoms with E-state index in [4.69, 9.17) is 23.2 Å². The number of pyridine rings is 1. The summed E-state index contributed by atoms with van der Waals surface area (Å²) in [5.74, 6) is 0.436. The molecule has 2 rings (SSSR count). The minimum Gasteiger partial charge on any atom is -0.354 e. The zero-order valence-electron chi connectivity index (χ0n) is 8.90. The van der Waals surface area contributed by atoms with Crippen molar-refractivity contribution >= 4 is 29.2 Å². The Kier molecular flexibility index (Phi) is 4.12. The second-order valence-corrected chi connectivity index (χ2v) is 4.15. The Bertz CT molecular complexity index is 470. The fourth-order valence-corrected chi connectivity index (χ4v) is 1.76. The first-order valence-corrected chi connectivity index (χ1v) is 5.82. The molecule has 0 atom stereocenters. The molecule has 6 heteroatoms. The van der Waals surface area contributed by atoms with Crippen LogP contribution in [0.3, 0.4) is 0 Å². The first-order chi connectivity index (χ1) is 8.24. The number of rotatable bonds is 4. The molecule has 4 nitrogen and oxygen atoms in total. The number of hydrogen-bond acceptors (Lipinski definition) is 4. The molecule has 17 heavy (non-hydrogen) atoms. The van der Waals surface area contributed by atoms with Crippen molar-refractivity contribution < 1.29 is 0 Å². The molecule has 0 aliphatic heterocycles. The van der Waals surface area contributed by atoms with E-state index in [1.165, 1.54) is 6.07 Å². The molecule has 0 bridgehead atoms. The van der Waals surface area contributed by atoms with E-state index in [9.17, 15) is 0 Å². The normalized spacial score (nSPS) is 10.2. The molecule has 0 saturated carbocycles. The van der Waals surface area contributed by atoms with Gasteiger partial charge in [-0.15, -0.1) is 0 Å². The fraction of sp³-hybridized carbons (Fsp3) is 0.182. The van der Waals surface area contributed by atoms with Gasteiger partial charge in [-0.05, 0) is 18.1 Å². The van der Waals surface area contributed by atoms with Crippen LogP contribution < -0.4 is 5.32 Å². The van der Waals surface area contributed by atoms with Crippen LogP contribution in [0.25, 0.3) is 0 Å². The number of hydrogen-bond donors (Lipinski definition) is 1. The Morgan fingerprint density at radius 3 is 2.59 bits per heavy atom. The molecule has 0 radical (unpaired) electrons. The van der Waals surface area contributed by atoms with Gasteiger partial charge in [-0.2, -0.15) is 0 Å². The van der Waals surface area contributed by atoms with Gasteiger partial charge in [0, 0.05) is 25.0 Å². The van der Waals surface area contributed by atoms with E-state index in [2.05, 4.69) is 20.3 Å². The van der Waals surface area contributed by atoms with Crippen LogP contribution in [-0.4, -0.2) is 21.5 Å². The van der Waals surface area contributed by atoms with Crippen molar-refractivity contribution in [3.63, 3.8) is 0 Å². The van der Waals surface area contributed by atoms with Gasteiger partial charge >= 0.3 is 0 Å². The molecule has 0 amide bonds. The first-order valence-electron chi connectivity index (χ1n) is 5.07. The quantitative estimate of drug-likeness (QED) is 0.867. The van der Waals surface area contributed by atoms with Crippen LogP contribution >= 0.6 is 23.2 Å². The molecule has 0 spiro atoms. The van der Waals surface area contributed by atoms with E-state index in [1.54, 1.807) is 6.20 Å². The molecule has 2 aromatic rings. The van der Waals surface area contributed by atoms with Crippen molar-refractivity contribution in [2.45, 2.75) is 6.42 Å². The minimum atomic E-state index is 0.328. The van der Waals surface area contributed by atoms with Crippen LogP contribution in [0, 0.1) is 0 Å². The Hall–Kier alpha value is -1.39. The largest absolute Gasteiger partial charge is 0.354 e. The third kappa shape index (κ3) is 3.84.